The SMILES string of the molecule is O=C(NCC(=O)N1CCN(c2ccccc2)CC1)Nc1cccc(Cl)c1. The number of urea groups is 1. The highest BCUT2D eigenvalue weighted by atomic mass is 35.5. The van der Waals surface area contributed by atoms with E-state index in [1.54, 1.807) is 29.2 Å². The van der Waals surface area contributed by atoms with Gasteiger partial charge in [0, 0.05) is 42.6 Å². The van der Waals surface area contributed by atoms with Crippen LogP contribution >= 0.6 is 11.6 Å². The van der Waals surface area contributed by atoms with Gasteiger partial charge in [0.25, 0.3) is 0 Å². The average molecular weight is 373 g/mol. The summed E-state index contributed by atoms with van der Waals surface area (Å²) in [4.78, 5) is 28.2. The molecule has 6 nitrogen and oxygen atoms in total. The number of hydrogen-bond donors (Lipinski definition) is 2. The highest BCUT2D eigenvalue weighted by Gasteiger charge is 2.21. The van der Waals surface area contributed by atoms with Crippen LogP contribution in [0.15, 0.2) is 54.6 Å². The molecular formula is C19H21ClN4O2. The molecule has 26 heavy (non-hydrogen) atoms. The minimum atomic E-state index is -0.427. The second-order valence-electron chi connectivity index (χ2n) is 6.02. The summed E-state index contributed by atoms with van der Waals surface area (Å²) >= 11 is 5.88. The van der Waals surface area contributed by atoms with Gasteiger partial charge in [0.15, 0.2) is 0 Å². The Labute approximate surface area is 157 Å². The summed E-state index contributed by atoms with van der Waals surface area (Å²) in [5, 5.41) is 5.79. The van der Waals surface area contributed by atoms with Crippen LogP contribution in [0.25, 0.3) is 0 Å². The van der Waals surface area contributed by atoms with Gasteiger partial charge in [0.1, 0.15) is 0 Å². The molecule has 1 aliphatic rings. The predicted octanol–water partition coefficient (Wildman–Crippen LogP) is 2.81. The summed E-state index contributed by atoms with van der Waals surface area (Å²) < 4.78 is 0. The Balaban J connectivity index is 1.42. The zero-order valence-electron chi connectivity index (χ0n) is 14.3. The summed E-state index contributed by atoms with van der Waals surface area (Å²) in [5.41, 5.74) is 1.75. The van der Waals surface area contributed by atoms with Crippen molar-refractivity contribution < 1.29 is 9.59 Å². The van der Waals surface area contributed by atoms with E-state index in [0.29, 0.717) is 23.8 Å². The number of halogens is 1. The molecule has 0 radical (unpaired) electrons. The Morgan fingerprint density at radius 2 is 1.69 bits per heavy atom. The van der Waals surface area contributed by atoms with E-state index in [1.165, 1.54) is 5.69 Å². The molecule has 1 fully saturated rings. The molecule has 1 saturated heterocycles. The van der Waals surface area contributed by atoms with Crippen LogP contribution in [0.3, 0.4) is 0 Å². The van der Waals surface area contributed by atoms with Crippen molar-refractivity contribution in [1.82, 2.24) is 10.2 Å². The number of benzene rings is 2. The van der Waals surface area contributed by atoms with Crippen LogP contribution < -0.4 is 15.5 Å². The van der Waals surface area contributed by atoms with Crippen molar-refractivity contribution in [3.8, 4) is 0 Å². The van der Waals surface area contributed by atoms with Crippen LogP contribution in [0.1, 0.15) is 0 Å². The first kappa shape index (κ1) is 18.1. The zero-order valence-corrected chi connectivity index (χ0v) is 15.1. The molecule has 0 saturated carbocycles. The van der Waals surface area contributed by atoms with Gasteiger partial charge in [-0.1, -0.05) is 35.9 Å². The van der Waals surface area contributed by atoms with Gasteiger partial charge >= 0.3 is 6.03 Å². The third-order valence-electron chi connectivity index (χ3n) is 4.24. The van der Waals surface area contributed by atoms with E-state index in [4.69, 9.17) is 11.6 Å². The topological polar surface area (TPSA) is 64.7 Å². The Hall–Kier alpha value is -2.73. The number of carbonyl (C=O) groups excluding carboxylic acids is 2. The molecule has 136 valence electrons. The number of hydrogen-bond acceptors (Lipinski definition) is 3. The lowest BCUT2D eigenvalue weighted by Gasteiger charge is -2.36. The zero-order chi connectivity index (χ0) is 18.4. The third-order valence-corrected chi connectivity index (χ3v) is 4.47. The van der Waals surface area contributed by atoms with Gasteiger partial charge in [-0.05, 0) is 30.3 Å². The summed E-state index contributed by atoms with van der Waals surface area (Å²) in [6, 6.07) is 16.6. The van der Waals surface area contributed by atoms with Crippen LogP contribution in [-0.2, 0) is 4.79 Å². The van der Waals surface area contributed by atoms with Crippen molar-refractivity contribution in [2.45, 2.75) is 0 Å². The van der Waals surface area contributed by atoms with Gasteiger partial charge in [0.2, 0.25) is 5.91 Å². The van der Waals surface area contributed by atoms with Crippen molar-refractivity contribution in [2.75, 3.05) is 42.9 Å². The lowest BCUT2D eigenvalue weighted by molar-refractivity contribution is -0.130. The van der Waals surface area contributed by atoms with Gasteiger partial charge in [0.05, 0.1) is 6.54 Å². The highest BCUT2D eigenvalue weighted by Crippen LogP contribution is 2.16. The number of para-hydroxylation sites is 1. The first-order chi connectivity index (χ1) is 12.6. The molecule has 1 aliphatic heterocycles. The smallest absolute Gasteiger partial charge is 0.319 e. The van der Waals surface area contributed by atoms with E-state index in [0.717, 1.165) is 13.1 Å². The minimum Gasteiger partial charge on any atom is -0.368 e. The molecule has 0 aliphatic carbocycles. The molecule has 0 spiro atoms. The van der Waals surface area contributed by atoms with Crippen LogP contribution in [0.5, 0.6) is 0 Å². The lowest BCUT2D eigenvalue weighted by Crippen LogP contribution is -2.51. The fraction of sp³-hybridized carbons (Fsp3) is 0.263. The molecule has 2 N–H and O–H groups in total. The third kappa shape index (κ3) is 4.89. The maximum absolute atomic E-state index is 12.3. The number of carbonyl (C=O) groups is 2. The normalized spacial score (nSPS) is 14.0. The summed E-state index contributed by atoms with van der Waals surface area (Å²) in [6.45, 7) is 2.82. The maximum atomic E-state index is 12.3. The van der Waals surface area contributed by atoms with Crippen molar-refractivity contribution in [3.63, 3.8) is 0 Å². The summed E-state index contributed by atoms with van der Waals surface area (Å²) in [6.07, 6.45) is 0. The van der Waals surface area contributed by atoms with Gasteiger partial charge in [-0.15, -0.1) is 0 Å². The van der Waals surface area contributed by atoms with E-state index in [1.807, 2.05) is 18.2 Å². The minimum absolute atomic E-state index is 0.0300. The van der Waals surface area contributed by atoms with Crippen LogP contribution in [-0.4, -0.2) is 49.6 Å². The quantitative estimate of drug-likeness (QED) is 0.867. The Kier molecular flexibility index (Phi) is 5.96. The lowest BCUT2D eigenvalue weighted by atomic mass is 10.2. The second-order valence-corrected chi connectivity index (χ2v) is 6.46. The van der Waals surface area contributed by atoms with E-state index in [9.17, 15) is 9.59 Å². The molecule has 2 aromatic carbocycles. The average Bonchev–Trinajstić information content (AvgIpc) is 2.67. The number of piperazine rings is 1. The van der Waals surface area contributed by atoms with Gasteiger partial charge in [-0.2, -0.15) is 0 Å². The molecule has 0 aromatic heterocycles. The van der Waals surface area contributed by atoms with Crippen molar-refractivity contribution >= 4 is 34.9 Å². The van der Waals surface area contributed by atoms with Gasteiger partial charge < -0.3 is 20.4 Å². The van der Waals surface area contributed by atoms with E-state index >= 15 is 0 Å². The number of amides is 3. The molecule has 7 heteroatoms. The molecule has 1 heterocycles. The molecule has 2 aromatic rings. The Morgan fingerprint density at radius 1 is 0.962 bits per heavy atom. The van der Waals surface area contributed by atoms with Crippen molar-refractivity contribution in [1.29, 1.82) is 0 Å². The summed E-state index contributed by atoms with van der Waals surface area (Å²) in [7, 11) is 0. The van der Waals surface area contributed by atoms with Crippen LogP contribution in [0.2, 0.25) is 5.02 Å². The summed E-state index contributed by atoms with van der Waals surface area (Å²) in [5.74, 6) is -0.0843. The number of rotatable bonds is 4. The van der Waals surface area contributed by atoms with Crippen molar-refractivity contribution in [2.24, 2.45) is 0 Å². The fourth-order valence-corrected chi connectivity index (χ4v) is 3.05. The molecular weight excluding hydrogens is 352 g/mol. The Morgan fingerprint density at radius 3 is 2.38 bits per heavy atom. The molecule has 0 bridgehead atoms. The second kappa shape index (κ2) is 8.58. The van der Waals surface area contributed by atoms with E-state index < -0.39 is 6.03 Å². The first-order valence-corrected chi connectivity index (χ1v) is 8.88. The van der Waals surface area contributed by atoms with Crippen molar-refractivity contribution in [3.05, 3.63) is 59.6 Å². The molecule has 3 amide bonds. The number of anilines is 2. The highest BCUT2D eigenvalue weighted by molar-refractivity contribution is 6.30. The molecule has 0 unspecified atom stereocenters. The van der Waals surface area contributed by atoms with Crippen LogP contribution in [0, 0.1) is 0 Å². The number of nitrogens with zero attached hydrogens (tertiary/aromatic N) is 2. The predicted molar refractivity (Wildman–Crippen MR) is 104 cm³/mol. The van der Waals surface area contributed by atoms with E-state index in [2.05, 4.69) is 27.7 Å². The van der Waals surface area contributed by atoms with Crippen LogP contribution in [0.4, 0.5) is 16.2 Å². The van der Waals surface area contributed by atoms with Gasteiger partial charge in [-0.25, -0.2) is 4.79 Å². The largest absolute Gasteiger partial charge is 0.368 e. The molecule has 0 atom stereocenters. The number of nitrogens with one attached hydrogen (secondary N) is 2. The fourth-order valence-electron chi connectivity index (χ4n) is 2.86. The molecule has 3 rings (SSSR count). The van der Waals surface area contributed by atoms with Gasteiger partial charge in [-0.3, -0.25) is 4.79 Å². The Bertz CT molecular complexity index is 761. The first-order valence-electron chi connectivity index (χ1n) is 8.50. The monoisotopic (exact) mass is 372 g/mol. The maximum Gasteiger partial charge on any atom is 0.319 e. The van der Waals surface area contributed by atoms with E-state index in [-0.39, 0.29) is 12.5 Å². The standard InChI is InChI=1S/C19H21ClN4O2/c20-15-5-4-6-16(13-15)22-19(26)21-14-18(25)24-11-9-23(10-12-24)17-7-2-1-3-8-17/h1-8,13H,9-12,14H2,(H2,21,22,26).